The molecule has 2 aromatic rings. The molecule has 0 bridgehead atoms. The summed E-state index contributed by atoms with van der Waals surface area (Å²) in [5.41, 5.74) is 1.35. The van der Waals surface area contributed by atoms with Gasteiger partial charge in [-0.05, 0) is 25.0 Å². The first-order valence-corrected chi connectivity index (χ1v) is 6.55. The number of carbonyl (C=O) groups excluding carboxylic acids is 1. The smallest absolute Gasteiger partial charge is 0.274 e. The van der Waals surface area contributed by atoms with Crippen molar-refractivity contribution in [1.82, 2.24) is 19.9 Å². The Labute approximate surface area is 115 Å². The molecule has 1 saturated heterocycles. The maximum Gasteiger partial charge on any atom is 0.274 e. The molecule has 0 saturated carbocycles. The molecule has 0 spiro atoms. The van der Waals surface area contributed by atoms with Gasteiger partial charge in [0.2, 0.25) is 0 Å². The van der Waals surface area contributed by atoms with E-state index in [2.05, 4.69) is 15.0 Å². The average Bonchev–Trinajstić information content (AvgIpc) is 3.08. The van der Waals surface area contributed by atoms with Crippen molar-refractivity contribution >= 4 is 17.5 Å². The van der Waals surface area contributed by atoms with E-state index in [1.807, 2.05) is 23.2 Å². The summed E-state index contributed by atoms with van der Waals surface area (Å²) in [7, 11) is 0. The molecule has 1 unspecified atom stereocenters. The van der Waals surface area contributed by atoms with Gasteiger partial charge in [0.15, 0.2) is 0 Å². The highest BCUT2D eigenvalue weighted by atomic mass is 35.5. The number of rotatable bonds is 2. The zero-order valence-electron chi connectivity index (χ0n) is 10.2. The van der Waals surface area contributed by atoms with Crippen molar-refractivity contribution in [3.05, 3.63) is 47.3 Å². The standard InChI is InChI=1S/C13H13ClN4O/c14-12-8-15-7-10(17-12)13(19)18-6-2-4-11(18)9-3-1-5-16-9/h1,3,5,7-8,11,16H,2,4,6H2. The van der Waals surface area contributed by atoms with Crippen LogP contribution in [0, 0.1) is 0 Å². The molecule has 1 atom stereocenters. The molecule has 3 heterocycles. The van der Waals surface area contributed by atoms with Crippen molar-refractivity contribution in [2.75, 3.05) is 6.54 Å². The van der Waals surface area contributed by atoms with Gasteiger partial charge in [0, 0.05) is 18.4 Å². The first kappa shape index (κ1) is 12.2. The van der Waals surface area contributed by atoms with Crippen LogP contribution in [0.3, 0.4) is 0 Å². The van der Waals surface area contributed by atoms with Crippen molar-refractivity contribution in [3.8, 4) is 0 Å². The van der Waals surface area contributed by atoms with Gasteiger partial charge in [0.05, 0.1) is 18.4 Å². The van der Waals surface area contributed by atoms with Crippen LogP contribution in [-0.4, -0.2) is 32.3 Å². The Balaban J connectivity index is 1.87. The maximum atomic E-state index is 12.5. The minimum atomic E-state index is -0.118. The third-order valence-corrected chi connectivity index (χ3v) is 3.50. The fourth-order valence-electron chi connectivity index (χ4n) is 2.48. The Morgan fingerprint density at radius 1 is 1.47 bits per heavy atom. The summed E-state index contributed by atoms with van der Waals surface area (Å²) in [4.78, 5) is 25.4. The molecule has 0 aromatic carbocycles. The molecular weight excluding hydrogens is 264 g/mol. The van der Waals surface area contributed by atoms with Gasteiger partial charge in [-0.3, -0.25) is 9.78 Å². The van der Waals surface area contributed by atoms with Crippen LogP contribution in [0.4, 0.5) is 0 Å². The van der Waals surface area contributed by atoms with E-state index in [0.29, 0.717) is 5.69 Å². The van der Waals surface area contributed by atoms with E-state index in [4.69, 9.17) is 11.6 Å². The van der Waals surface area contributed by atoms with Gasteiger partial charge in [-0.2, -0.15) is 0 Å². The van der Waals surface area contributed by atoms with Crippen LogP contribution in [0.1, 0.15) is 35.1 Å². The number of H-pyrrole nitrogens is 1. The lowest BCUT2D eigenvalue weighted by Gasteiger charge is -2.23. The molecule has 1 aliphatic rings. The van der Waals surface area contributed by atoms with Crippen molar-refractivity contribution in [3.63, 3.8) is 0 Å². The molecule has 1 N–H and O–H groups in total. The minimum Gasteiger partial charge on any atom is -0.363 e. The predicted octanol–water partition coefficient (Wildman–Crippen LogP) is 2.44. The van der Waals surface area contributed by atoms with Crippen LogP contribution < -0.4 is 0 Å². The molecule has 0 radical (unpaired) electrons. The molecule has 1 amide bonds. The Morgan fingerprint density at radius 3 is 3.11 bits per heavy atom. The highest BCUT2D eigenvalue weighted by molar-refractivity contribution is 6.29. The van der Waals surface area contributed by atoms with Crippen LogP contribution in [0.2, 0.25) is 5.15 Å². The van der Waals surface area contributed by atoms with Gasteiger partial charge < -0.3 is 9.88 Å². The molecule has 0 aliphatic carbocycles. The zero-order valence-corrected chi connectivity index (χ0v) is 11.0. The number of hydrogen-bond acceptors (Lipinski definition) is 3. The third kappa shape index (κ3) is 2.33. The van der Waals surface area contributed by atoms with Crippen LogP contribution in [0.25, 0.3) is 0 Å². The highest BCUT2D eigenvalue weighted by Gasteiger charge is 2.31. The lowest BCUT2D eigenvalue weighted by molar-refractivity contribution is 0.0727. The Hall–Kier alpha value is -1.88. The summed E-state index contributed by atoms with van der Waals surface area (Å²) >= 11 is 5.78. The number of nitrogens with one attached hydrogen (secondary N) is 1. The summed E-state index contributed by atoms with van der Waals surface area (Å²) in [5.74, 6) is -0.118. The van der Waals surface area contributed by atoms with Gasteiger partial charge in [0.1, 0.15) is 10.8 Å². The number of hydrogen-bond donors (Lipinski definition) is 1. The maximum absolute atomic E-state index is 12.5. The lowest BCUT2D eigenvalue weighted by atomic mass is 10.1. The van der Waals surface area contributed by atoms with E-state index in [-0.39, 0.29) is 17.1 Å². The number of amides is 1. The molecule has 19 heavy (non-hydrogen) atoms. The normalized spacial score (nSPS) is 18.8. The summed E-state index contributed by atoms with van der Waals surface area (Å²) in [6.07, 6.45) is 6.70. The van der Waals surface area contributed by atoms with E-state index in [9.17, 15) is 4.79 Å². The summed E-state index contributed by atoms with van der Waals surface area (Å²) < 4.78 is 0. The van der Waals surface area contributed by atoms with E-state index < -0.39 is 0 Å². The molecular formula is C13H13ClN4O. The van der Waals surface area contributed by atoms with E-state index in [1.165, 1.54) is 12.4 Å². The topological polar surface area (TPSA) is 61.9 Å². The second-order valence-electron chi connectivity index (χ2n) is 4.51. The van der Waals surface area contributed by atoms with E-state index in [1.54, 1.807) is 0 Å². The molecule has 2 aromatic heterocycles. The lowest BCUT2D eigenvalue weighted by Crippen LogP contribution is -2.31. The van der Waals surface area contributed by atoms with Gasteiger partial charge >= 0.3 is 0 Å². The summed E-state index contributed by atoms with van der Waals surface area (Å²) in [6.45, 7) is 0.733. The fourth-order valence-corrected chi connectivity index (χ4v) is 2.62. The van der Waals surface area contributed by atoms with Crippen molar-refractivity contribution < 1.29 is 4.79 Å². The van der Waals surface area contributed by atoms with Crippen LogP contribution in [0.15, 0.2) is 30.7 Å². The van der Waals surface area contributed by atoms with Crippen molar-refractivity contribution in [1.29, 1.82) is 0 Å². The first-order valence-electron chi connectivity index (χ1n) is 6.17. The third-order valence-electron chi connectivity index (χ3n) is 3.32. The average molecular weight is 277 g/mol. The van der Waals surface area contributed by atoms with Gasteiger partial charge in [-0.15, -0.1) is 0 Å². The molecule has 6 heteroatoms. The van der Waals surface area contributed by atoms with Gasteiger partial charge in [-0.1, -0.05) is 11.6 Å². The number of aromatic nitrogens is 3. The predicted molar refractivity (Wildman–Crippen MR) is 70.8 cm³/mol. The summed E-state index contributed by atoms with van der Waals surface area (Å²) in [6, 6.07) is 4.03. The largest absolute Gasteiger partial charge is 0.363 e. The summed E-state index contributed by atoms with van der Waals surface area (Å²) in [5, 5.41) is 0.237. The molecule has 5 nitrogen and oxygen atoms in total. The number of nitrogens with zero attached hydrogens (tertiary/aromatic N) is 3. The minimum absolute atomic E-state index is 0.0864. The quantitative estimate of drug-likeness (QED) is 0.916. The van der Waals surface area contributed by atoms with Gasteiger partial charge in [-0.25, -0.2) is 4.98 Å². The Bertz CT molecular complexity index is 584. The van der Waals surface area contributed by atoms with Crippen LogP contribution in [-0.2, 0) is 0 Å². The Morgan fingerprint density at radius 2 is 2.37 bits per heavy atom. The molecule has 3 rings (SSSR count). The molecule has 1 fully saturated rings. The number of likely N-dealkylation sites (tertiary alicyclic amines) is 1. The van der Waals surface area contributed by atoms with Gasteiger partial charge in [0.25, 0.3) is 5.91 Å². The number of carbonyl (C=O) groups is 1. The van der Waals surface area contributed by atoms with E-state index in [0.717, 1.165) is 25.1 Å². The van der Waals surface area contributed by atoms with E-state index >= 15 is 0 Å². The number of halogens is 1. The Kier molecular flexibility index (Phi) is 3.21. The second kappa shape index (κ2) is 5.01. The fraction of sp³-hybridized carbons (Fsp3) is 0.308. The SMILES string of the molecule is O=C(c1cncc(Cl)n1)N1CCCC1c1ccc[nH]1. The first-order chi connectivity index (χ1) is 9.25. The molecule has 1 aliphatic heterocycles. The monoisotopic (exact) mass is 276 g/mol. The van der Waals surface area contributed by atoms with Crippen molar-refractivity contribution in [2.45, 2.75) is 18.9 Å². The molecule has 98 valence electrons. The van der Waals surface area contributed by atoms with Crippen molar-refractivity contribution in [2.24, 2.45) is 0 Å². The zero-order chi connectivity index (χ0) is 13.2. The second-order valence-corrected chi connectivity index (χ2v) is 4.90. The highest BCUT2D eigenvalue weighted by Crippen LogP contribution is 2.31. The van der Waals surface area contributed by atoms with Crippen LogP contribution in [0.5, 0.6) is 0 Å². The van der Waals surface area contributed by atoms with Crippen LogP contribution >= 0.6 is 11.6 Å². The number of aromatic amines is 1.